The normalized spacial score (nSPS) is 14.3. The fourth-order valence-electron chi connectivity index (χ4n) is 12.1. The predicted octanol–water partition coefficient (Wildman–Crippen LogP) is 24.2. The van der Waals surface area contributed by atoms with Gasteiger partial charge >= 0.3 is 39.5 Å². The topological polar surface area (TPSA) is 237 Å². The number of ether oxygens (including phenoxy) is 4. The first-order valence-corrected chi connectivity index (χ1v) is 44.8. The molecule has 101 heavy (non-hydrogen) atoms. The van der Waals surface area contributed by atoms with Gasteiger partial charge in [-0.1, -0.05) is 355 Å². The summed E-state index contributed by atoms with van der Waals surface area (Å²) in [5.74, 6) is -0.475. The third-order valence-electron chi connectivity index (χ3n) is 18.9. The third-order valence-corrected chi connectivity index (χ3v) is 20.8. The number of hydrogen-bond donors (Lipinski definition) is 3. The summed E-state index contributed by atoms with van der Waals surface area (Å²) in [7, 11) is -9.93. The van der Waals surface area contributed by atoms with Crippen molar-refractivity contribution in [2.45, 2.75) is 426 Å². The Morgan fingerprint density at radius 2 is 0.584 bits per heavy atom. The van der Waals surface area contributed by atoms with Gasteiger partial charge in [0.15, 0.2) is 12.2 Å². The molecule has 0 heterocycles. The van der Waals surface area contributed by atoms with Crippen LogP contribution in [0.15, 0.2) is 24.3 Å². The van der Waals surface area contributed by atoms with Crippen molar-refractivity contribution in [2.75, 3.05) is 39.6 Å². The summed E-state index contributed by atoms with van der Waals surface area (Å²) in [5.41, 5.74) is 0. The van der Waals surface area contributed by atoms with E-state index in [2.05, 4.69) is 65.8 Å². The Bertz CT molecular complexity index is 2040. The first-order valence-electron chi connectivity index (χ1n) is 41.8. The van der Waals surface area contributed by atoms with Crippen molar-refractivity contribution in [2.24, 2.45) is 11.8 Å². The number of phosphoric ester groups is 2. The number of aliphatic hydroxyl groups is 1. The van der Waals surface area contributed by atoms with Gasteiger partial charge in [-0.25, -0.2) is 9.13 Å². The van der Waals surface area contributed by atoms with Crippen LogP contribution in [0.4, 0.5) is 0 Å². The van der Waals surface area contributed by atoms with Gasteiger partial charge < -0.3 is 33.8 Å². The number of rotatable bonds is 79. The van der Waals surface area contributed by atoms with Crippen LogP contribution >= 0.6 is 15.6 Å². The number of allylic oxidation sites excluding steroid dienone is 4. The molecule has 0 radical (unpaired) electrons. The van der Waals surface area contributed by atoms with Crippen molar-refractivity contribution >= 4 is 39.5 Å². The predicted molar refractivity (Wildman–Crippen MR) is 414 cm³/mol. The van der Waals surface area contributed by atoms with Crippen molar-refractivity contribution in [3.05, 3.63) is 24.3 Å². The number of esters is 4. The fourth-order valence-corrected chi connectivity index (χ4v) is 13.7. The minimum Gasteiger partial charge on any atom is -0.462 e. The van der Waals surface area contributed by atoms with E-state index in [9.17, 15) is 43.2 Å². The maximum atomic E-state index is 13.1. The summed E-state index contributed by atoms with van der Waals surface area (Å²) < 4.78 is 68.6. The molecule has 0 aliphatic heterocycles. The standard InChI is InChI=1S/C82H156O17P2/c1-7-10-12-14-16-17-18-19-24-32-37-42-48-54-60-66-81(86)98-77(70-92-79(84)64-58-52-44-15-13-11-8-2)72-96-100(88,89)94-68-76(83)69-95-101(90,91)97-73-78(71-93-80(85)65-59-53-47-41-36-31-28-27-30-35-40-46-51-57-63-75(6)9-3)99-82(87)67-61-55-49-43-38-33-26-23-21-20-22-25-29-34-39-45-50-56-62-74(4)5/h17-19,24,74-78,83H,7-16,20-23,25-73H2,1-6H3,(H,88,89)(H,90,91)/b18-17-,24-19-/t75?,76-,77+,78+/m0/s1. The van der Waals surface area contributed by atoms with Gasteiger partial charge in [-0.2, -0.15) is 0 Å². The summed E-state index contributed by atoms with van der Waals surface area (Å²) in [6.07, 6.45) is 66.2. The molecule has 0 aliphatic carbocycles. The van der Waals surface area contributed by atoms with Crippen LogP contribution in [0.2, 0.25) is 0 Å². The Morgan fingerprint density at radius 1 is 0.327 bits per heavy atom. The van der Waals surface area contributed by atoms with Crippen molar-refractivity contribution < 1.29 is 80.2 Å². The summed E-state index contributed by atoms with van der Waals surface area (Å²) in [6.45, 7) is 9.62. The second kappa shape index (κ2) is 73.1. The maximum absolute atomic E-state index is 13.1. The lowest BCUT2D eigenvalue weighted by Gasteiger charge is -2.21. The summed E-state index contributed by atoms with van der Waals surface area (Å²) in [6, 6.07) is 0. The minimum atomic E-state index is -4.97. The van der Waals surface area contributed by atoms with Gasteiger partial charge in [-0.15, -0.1) is 0 Å². The largest absolute Gasteiger partial charge is 0.472 e. The fraction of sp³-hybridized carbons (Fsp3) is 0.902. The molecule has 0 aliphatic rings. The lowest BCUT2D eigenvalue weighted by atomic mass is 9.99. The SMILES string of the molecule is CCCCCC/C=C\C=C/CCCCCCCC(=O)O[C@H](COC(=O)CCCCCCCCC)COP(=O)(O)OC[C@H](O)COP(=O)(O)OC[C@@H](COC(=O)CCCCCCCCCCCCCCCCC(C)CC)OC(=O)CCCCCCCCCCCCCCCCCCCCC(C)C. The van der Waals surface area contributed by atoms with Crippen LogP contribution in [0.25, 0.3) is 0 Å². The van der Waals surface area contributed by atoms with Crippen LogP contribution in [0.5, 0.6) is 0 Å². The molecule has 0 saturated heterocycles. The molecular formula is C82H156O17P2. The lowest BCUT2D eigenvalue weighted by molar-refractivity contribution is -0.161. The molecule has 0 bridgehead atoms. The zero-order valence-corrected chi connectivity index (χ0v) is 67.5. The van der Waals surface area contributed by atoms with Gasteiger partial charge in [-0.05, 0) is 63.2 Å². The van der Waals surface area contributed by atoms with E-state index in [1.54, 1.807) is 0 Å². The van der Waals surface area contributed by atoms with Gasteiger partial charge in [-0.3, -0.25) is 37.3 Å². The summed E-state index contributed by atoms with van der Waals surface area (Å²) in [5, 5.41) is 10.6. The average Bonchev–Trinajstić information content (AvgIpc) is 1.01. The Morgan fingerprint density at radius 3 is 0.891 bits per heavy atom. The zero-order chi connectivity index (χ0) is 74.2. The summed E-state index contributed by atoms with van der Waals surface area (Å²) in [4.78, 5) is 72.9. The molecule has 0 rings (SSSR count). The van der Waals surface area contributed by atoms with Crippen LogP contribution < -0.4 is 0 Å². The highest BCUT2D eigenvalue weighted by Crippen LogP contribution is 2.45. The molecule has 3 N–H and O–H groups in total. The third kappa shape index (κ3) is 74.2. The van der Waals surface area contributed by atoms with Gasteiger partial charge in [0.25, 0.3) is 0 Å². The van der Waals surface area contributed by atoms with Gasteiger partial charge in [0.2, 0.25) is 0 Å². The average molecular weight is 1480 g/mol. The van der Waals surface area contributed by atoms with Crippen LogP contribution in [0.3, 0.4) is 0 Å². The van der Waals surface area contributed by atoms with Crippen LogP contribution in [0.1, 0.15) is 408 Å². The Kier molecular flexibility index (Phi) is 71.3. The highest BCUT2D eigenvalue weighted by Gasteiger charge is 2.30. The first kappa shape index (κ1) is 98.5. The molecule has 0 aromatic carbocycles. The Balaban J connectivity index is 5.21. The van der Waals surface area contributed by atoms with E-state index in [0.717, 1.165) is 127 Å². The van der Waals surface area contributed by atoms with Gasteiger partial charge in [0, 0.05) is 25.7 Å². The molecule has 0 aromatic rings. The Labute approximate surface area is 618 Å². The molecule has 0 fully saturated rings. The highest BCUT2D eigenvalue weighted by molar-refractivity contribution is 7.47. The number of aliphatic hydroxyl groups excluding tert-OH is 1. The number of hydrogen-bond acceptors (Lipinski definition) is 15. The molecule has 19 heteroatoms. The smallest absolute Gasteiger partial charge is 0.462 e. The van der Waals surface area contributed by atoms with E-state index >= 15 is 0 Å². The molecule has 596 valence electrons. The molecular weight excluding hydrogens is 1320 g/mol. The van der Waals surface area contributed by atoms with E-state index in [1.165, 1.54) is 199 Å². The molecule has 3 unspecified atom stereocenters. The van der Waals surface area contributed by atoms with Gasteiger partial charge in [0.1, 0.15) is 19.3 Å². The van der Waals surface area contributed by atoms with Crippen molar-refractivity contribution in [3.63, 3.8) is 0 Å². The molecule has 0 aromatic heterocycles. The van der Waals surface area contributed by atoms with Crippen molar-refractivity contribution in [3.8, 4) is 0 Å². The molecule has 6 atom stereocenters. The number of carbonyl (C=O) groups is 4. The van der Waals surface area contributed by atoms with E-state index in [0.29, 0.717) is 25.7 Å². The number of unbranched alkanes of at least 4 members (excludes halogenated alkanes) is 45. The van der Waals surface area contributed by atoms with Gasteiger partial charge in [0.05, 0.1) is 26.4 Å². The van der Waals surface area contributed by atoms with Crippen LogP contribution in [0, 0.1) is 11.8 Å². The van der Waals surface area contributed by atoms with E-state index in [1.807, 2.05) is 0 Å². The van der Waals surface area contributed by atoms with Crippen molar-refractivity contribution in [1.82, 2.24) is 0 Å². The molecule has 0 amide bonds. The van der Waals surface area contributed by atoms with Crippen LogP contribution in [-0.4, -0.2) is 96.7 Å². The van der Waals surface area contributed by atoms with Crippen LogP contribution in [-0.2, 0) is 65.4 Å². The van der Waals surface area contributed by atoms with E-state index in [4.69, 9.17) is 37.0 Å². The number of carbonyl (C=O) groups excluding carboxylic acids is 4. The van der Waals surface area contributed by atoms with E-state index in [-0.39, 0.29) is 25.7 Å². The number of phosphoric acid groups is 2. The molecule has 17 nitrogen and oxygen atoms in total. The quantitative estimate of drug-likeness (QED) is 0.0169. The Hall–Kier alpha value is -2.46. The molecule has 0 spiro atoms. The minimum absolute atomic E-state index is 0.0848. The monoisotopic (exact) mass is 1480 g/mol. The highest BCUT2D eigenvalue weighted by atomic mass is 31.2. The first-order chi connectivity index (χ1) is 48.9. The molecule has 0 saturated carbocycles. The maximum Gasteiger partial charge on any atom is 0.472 e. The zero-order valence-electron chi connectivity index (χ0n) is 65.7. The van der Waals surface area contributed by atoms with E-state index < -0.39 is 97.5 Å². The van der Waals surface area contributed by atoms with Crippen molar-refractivity contribution in [1.29, 1.82) is 0 Å². The second-order valence-electron chi connectivity index (χ2n) is 29.5. The second-order valence-corrected chi connectivity index (χ2v) is 32.5. The lowest BCUT2D eigenvalue weighted by Crippen LogP contribution is -2.30. The summed E-state index contributed by atoms with van der Waals surface area (Å²) >= 11 is 0.